The lowest BCUT2D eigenvalue weighted by atomic mass is 9.83. The standard InChI is InChI=1S/C21H17Cl2F3N2O2/c22-13-2-3-14-15(11-27-18(14)10-13)19(29)28-7-5-20(30,6-8-28)12-1-4-17(23)16(9-12)21(24,25)26/h1-4,9-11,27,30H,5-8H2. The van der Waals surface area contributed by atoms with Gasteiger partial charge in [0.25, 0.3) is 5.91 Å². The molecular formula is C21H17Cl2F3N2O2. The monoisotopic (exact) mass is 456 g/mol. The molecule has 30 heavy (non-hydrogen) atoms. The summed E-state index contributed by atoms with van der Waals surface area (Å²) < 4.78 is 39.5. The topological polar surface area (TPSA) is 56.3 Å². The molecular weight excluding hydrogens is 440 g/mol. The third-order valence-corrected chi connectivity index (χ3v) is 6.13. The van der Waals surface area contributed by atoms with E-state index in [-0.39, 0.29) is 37.4 Å². The van der Waals surface area contributed by atoms with Crippen molar-refractivity contribution >= 4 is 40.0 Å². The Kier molecular flexibility index (Phi) is 5.24. The zero-order valence-corrected chi connectivity index (χ0v) is 17.1. The second-order valence-electron chi connectivity index (χ2n) is 7.41. The van der Waals surface area contributed by atoms with Crippen LogP contribution in [0, 0.1) is 0 Å². The normalized spacial score (nSPS) is 16.8. The van der Waals surface area contributed by atoms with Crippen molar-refractivity contribution in [2.75, 3.05) is 13.1 Å². The van der Waals surface area contributed by atoms with Crippen LogP contribution in [0.3, 0.4) is 0 Å². The summed E-state index contributed by atoms with van der Waals surface area (Å²) in [6, 6.07) is 8.62. The number of aromatic nitrogens is 1. The van der Waals surface area contributed by atoms with Crippen LogP contribution in [0.25, 0.3) is 10.9 Å². The first-order chi connectivity index (χ1) is 14.1. The van der Waals surface area contributed by atoms with Crippen LogP contribution in [0.1, 0.15) is 34.3 Å². The number of aromatic amines is 1. The van der Waals surface area contributed by atoms with Gasteiger partial charge in [-0.05, 0) is 42.7 Å². The minimum Gasteiger partial charge on any atom is -0.385 e. The van der Waals surface area contributed by atoms with E-state index < -0.39 is 22.4 Å². The van der Waals surface area contributed by atoms with Crippen molar-refractivity contribution in [1.29, 1.82) is 0 Å². The fourth-order valence-corrected chi connectivity index (χ4v) is 4.24. The van der Waals surface area contributed by atoms with E-state index in [9.17, 15) is 23.1 Å². The maximum atomic E-state index is 13.2. The number of nitrogens with one attached hydrogen (secondary N) is 1. The lowest BCUT2D eigenvalue weighted by Gasteiger charge is -2.38. The van der Waals surface area contributed by atoms with Gasteiger partial charge in [0.1, 0.15) is 0 Å². The summed E-state index contributed by atoms with van der Waals surface area (Å²) in [4.78, 5) is 17.6. The van der Waals surface area contributed by atoms with Crippen molar-refractivity contribution in [2.45, 2.75) is 24.6 Å². The van der Waals surface area contributed by atoms with E-state index in [4.69, 9.17) is 23.2 Å². The smallest absolute Gasteiger partial charge is 0.385 e. The Labute approximate surface area is 180 Å². The minimum atomic E-state index is -4.61. The number of aliphatic hydroxyl groups is 1. The van der Waals surface area contributed by atoms with Gasteiger partial charge in [-0.1, -0.05) is 35.3 Å². The highest BCUT2D eigenvalue weighted by atomic mass is 35.5. The van der Waals surface area contributed by atoms with Crippen LogP contribution in [0.5, 0.6) is 0 Å². The summed E-state index contributed by atoms with van der Waals surface area (Å²) in [6.07, 6.45) is -2.77. The van der Waals surface area contributed by atoms with E-state index in [0.29, 0.717) is 10.6 Å². The highest BCUT2D eigenvalue weighted by Crippen LogP contribution is 2.40. The van der Waals surface area contributed by atoms with Crippen LogP contribution < -0.4 is 0 Å². The Hall–Kier alpha value is -2.22. The predicted molar refractivity (Wildman–Crippen MR) is 109 cm³/mol. The molecule has 0 atom stereocenters. The van der Waals surface area contributed by atoms with E-state index in [1.165, 1.54) is 6.07 Å². The molecule has 2 N–H and O–H groups in total. The van der Waals surface area contributed by atoms with Gasteiger partial charge in [-0.2, -0.15) is 13.2 Å². The zero-order valence-electron chi connectivity index (χ0n) is 15.6. The summed E-state index contributed by atoms with van der Waals surface area (Å²) in [7, 11) is 0. The average molecular weight is 457 g/mol. The molecule has 4 nitrogen and oxygen atoms in total. The van der Waals surface area contributed by atoms with Gasteiger partial charge >= 0.3 is 6.18 Å². The number of benzene rings is 2. The lowest BCUT2D eigenvalue weighted by molar-refractivity contribution is -0.137. The first-order valence-electron chi connectivity index (χ1n) is 9.24. The van der Waals surface area contributed by atoms with Gasteiger partial charge in [-0.25, -0.2) is 0 Å². The highest BCUT2D eigenvalue weighted by Gasteiger charge is 2.39. The van der Waals surface area contributed by atoms with E-state index in [1.54, 1.807) is 29.3 Å². The molecule has 0 saturated carbocycles. The molecule has 2 heterocycles. The number of H-pyrrole nitrogens is 1. The molecule has 0 aliphatic carbocycles. The number of alkyl halides is 3. The first kappa shape index (κ1) is 21.0. The maximum absolute atomic E-state index is 13.2. The Morgan fingerprint density at radius 2 is 1.80 bits per heavy atom. The molecule has 1 amide bonds. The molecule has 0 bridgehead atoms. The zero-order chi connectivity index (χ0) is 21.7. The molecule has 3 aromatic rings. The fourth-order valence-electron chi connectivity index (χ4n) is 3.85. The van der Waals surface area contributed by atoms with Crippen LogP contribution in [0.4, 0.5) is 13.2 Å². The maximum Gasteiger partial charge on any atom is 0.417 e. The van der Waals surface area contributed by atoms with Crippen LogP contribution in [-0.2, 0) is 11.8 Å². The number of fused-ring (bicyclic) bond motifs is 1. The summed E-state index contributed by atoms with van der Waals surface area (Å²) in [6.45, 7) is 0.416. The van der Waals surface area contributed by atoms with Crippen molar-refractivity contribution in [2.24, 2.45) is 0 Å². The molecule has 158 valence electrons. The van der Waals surface area contributed by atoms with Crippen molar-refractivity contribution in [1.82, 2.24) is 9.88 Å². The van der Waals surface area contributed by atoms with Crippen molar-refractivity contribution in [3.63, 3.8) is 0 Å². The lowest BCUT2D eigenvalue weighted by Crippen LogP contribution is -2.45. The minimum absolute atomic E-state index is 0.117. The summed E-state index contributed by atoms with van der Waals surface area (Å²) in [5.74, 6) is -0.210. The van der Waals surface area contributed by atoms with Gasteiger partial charge in [0.2, 0.25) is 0 Å². The number of hydrogen-bond donors (Lipinski definition) is 2. The Bertz CT molecular complexity index is 1120. The second-order valence-corrected chi connectivity index (χ2v) is 8.25. The molecule has 2 aromatic carbocycles. The summed E-state index contributed by atoms with van der Waals surface area (Å²) >= 11 is 11.7. The quantitative estimate of drug-likeness (QED) is 0.525. The SMILES string of the molecule is O=C(c1c[nH]c2cc(Cl)ccc12)N1CCC(O)(c2ccc(Cl)c(C(F)(F)F)c2)CC1. The number of piperidine rings is 1. The van der Waals surface area contributed by atoms with E-state index in [2.05, 4.69) is 4.98 Å². The number of hydrogen-bond acceptors (Lipinski definition) is 2. The number of rotatable bonds is 2. The van der Waals surface area contributed by atoms with Crippen molar-refractivity contribution < 1.29 is 23.1 Å². The van der Waals surface area contributed by atoms with Gasteiger partial charge in [-0.15, -0.1) is 0 Å². The van der Waals surface area contributed by atoms with Crippen molar-refractivity contribution in [3.05, 3.63) is 69.3 Å². The molecule has 1 fully saturated rings. The molecule has 1 aliphatic rings. The summed E-state index contributed by atoms with van der Waals surface area (Å²) in [5, 5.41) is 11.9. The number of nitrogens with zero attached hydrogens (tertiary/aromatic N) is 1. The molecule has 1 aliphatic heterocycles. The first-order valence-corrected chi connectivity index (χ1v) is 10.00. The number of halogens is 5. The Morgan fingerprint density at radius 3 is 2.47 bits per heavy atom. The van der Waals surface area contributed by atoms with Gasteiger partial charge in [-0.3, -0.25) is 4.79 Å². The highest BCUT2D eigenvalue weighted by molar-refractivity contribution is 6.31. The van der Waals surface area contributed by atoms with Crippen LogP contribution in [0.2, 0.25) is 10.0 Å². The molecule has 0 unspecified atom stereocenters. The largest absolute Gasteiger partial charge is 0.417 e. The summed E-state index contributed by atoms with van der Waals surface area (Å²) in [5.41, 5.74) is -1.08. The van der Waals surface area contributed by atoms with Gasteiger partial charge < -0.3 is 15.0 Å². The molecule has 1 aromatic heterocycles. The number of carbonyl (C=O) groups excluding carboxylic acids is 1. The van der Waals surface area contributed by atoms with Gasteiger partial charge in [0.15, 0.2) is 0 Å². The van der Waals surface area contributed by atoms with E-state index in [0.717, 1.165) is 23.0 Å². The Morgan fingerprint density at radius 1 is 1.10 bits per heavy atom. The van der Waals surface area contributed by atoms with Gasteiger partial charge in [0, 0.05) is 35.2 Å². The Balaban J connectivity index is 1.54. The molecule has 0 spiro atoms. The van der Waals surface area contributed by atoms with Crippen LogP contribution >= 0.6 is 23.2 Å². The third kappa shape index (κ3) is 3.77. The number of amides is 1. The third-order valence-electron chi connectivity index (χ3n) is 5.56. The number of likely N-dealkylation sites (tertiary alicyclic amines) is 1. The van der Waals surface area contributed by atoms with E-state index >= 15 is 0 Å². The molecule has 1 saturated heterocycles. The van der Waals surface area contributed by atoms with Gasteiger partial charge in [0.05, 0.1) is 21.8 Å². The number of carbonyl (C=O) groups is 1. The molecule has 0 radical (unpaired) electrons. The molecule has 9 heteroatoms. The second kappa shape index (κ2) is 7.48. The average Bonchev–Trinajstić information content (AvgIpc) is 3.10. The van der Waals surface area contributed by atoms with Crippen LogP contribution in [-0.4, -0.2) is 34.0 Å². The van der Waals surface area contributed by atoms with Crippen molar-refractivity contribution in [3.8, 4) is 0 Å². The van der Waals surface area contributed by atoms with E-state index in [1.807, 2.05) is 0 Å². The predicted octanol–water partition coefficient (Wildman–Crippen LogP) is 5.62. The van der Waals surface area contributed by atoms with Crippen LogP contribution in [0.15, 0.2) is 42.6 Å². The molecule has 4 rings (SSSR count). The fraction of sp³-hybridized carbons (Fsp3) is 0.286.